The number of nitrogens with zero attached hydrogens (tertiary/aromatic N) is 1. The minimum Gasteiger partial charge on any atom is -0.494 e. The van der Waals surface area contributed by atoms with Gasteiger partial charge in [-0.15, -0.1) is 11.8 Å². The maximum absolute atomic E-state index is 13.8. The number of ether oxygens (including phenoxy) is 1. The molecule has 1 N–H and O–H groups in total. The van der Waals surface area contributed by atoms with Crippen LogP contribution in [0.3, 0.4) is 0 Å². The molecule has 3 aromatic carbocycles. The molecule has 1 atom stereocenters. The van der Waals surface area contributed by atoms with Crippen LogP contribution in [0.2, 0.25) is 0 Å². The fourth-order valence-corrected chi connectivity index (χ4v) is 4.57. The van der Waals surface area contributed by atoms with Crippen LogP contribution >= 0.6 is 11.8 Å². The normalized spacial score (nSPS) is 15.7. The van der Waals surface area contributed by atoms with E-state index in [2.05, 4.69) is 5.32 Å². The highest BCUT2D eigenvalue weighted by atomic mass is 32.2. The van der Waals surface area contributed by atoms with Crippen LogP contribution in [0.5, 0.6) is 5.75 Å². The van der Waals surface area contributed by atoms with Crippen LogP contribution in [-0.4, -0.2) is 24.2 Å². The van der Waals surface area contributed by atoms with Crippen molar-refractivity contribution in [2.75, 3.05) is 22.6 Å². The van der Waals surface area contributed by atoms with Gasteiger partial charge in [-0.3, -0.25) is 14.5 Å². The summed E-state index contributed by atoms with van der Waals surface area (Å²) in [6.45, 7) is 2.51. The number of hydrogen-bond acceptors (Lipinski definition) is 4. The van der Waals surface area contributed by atoms with E-state index in [0.29, 0.717) is 18.0 Å². The molecule has 4 rings (SSSR count). The summed E-state index contributed by atoms with van der Waals surface area (Å²) >= 11 is 1.55. The number of amides is 2. The van der Waals surface area contributed by atoms with E-state index in [9.17, 15) is 14.0 Å². The van der Waals surface area contributed by atoms with Crippen LogP contribution in [0.1, 0.15) is 28.2 Å². The van der Waals surface area contributed by atoms with Crippen molar-refractivity contribution in [1.29, 1.82) is 0 Å². The van der Waals surface area contributed by atoms with Crippen LogP contribution in [0.4, 0.5) is 15.8 Å². The van der Waals surface area contributed by atoms with Gasteiger partial charge in [0.25, 0.3) is 5.91 Å². The van der Waals surface area contributed by atoms with E-state index < -0.39 is 11.7 Å². The second-order valence-electron chi connectivity index (χ2n) is 6.91. The highest BCUT2D eigenvalue weighted by Gasteiger charge is 2.34. The molecule has 1 fully saturated rings. The molecular weight excluding hydrogens is 415 g/mol. The topological polar surface area (TPSA) is 58.6 Å². The summed E-state index contributed by atoms with van der Waals surface area (Å²) in [5, 5.41) is 2.54. The first-order valence-corrected chi connectivity index (χ1v) is 10.9. The second kappa shape index (κ2) is 9.22. The van der Waals surface area contributed by atoms with Crippen LogP contribution in [0, 0.1) is 5.82 Å². The summed E-state index contributed by atoms with van der Waals surface area (Å²) < 4.78 is 19.3. The van der Waals surface area contributed by atoms with Gasteiger partial charge in [0, 0.05) is 11.4 Å². The highest BCUT2D eigenvalue weighted by molar-refractivity contribution is 8.00. The van der Waals surface area contributed by atoms with Gasteiger partial charge >= 0.3 is 0 Å². The zero-order valence-electron chi connectivity index (χ0n) is 16.9. The lowest BCUT2D eigenvalue weighted by Gasteiger charge is -2.24. The Kier molecular flexibility index (Phi) is 6.23. The van der Waals surface area contributed by atoms with E-state index in [1.165, 1.54) is 18.2 Å². The third kappa shape index (κ3) is 4.56. The number of nitrogens with one attached hydrogen (secondary N) is 1. The van der Waals surface area contributed by atoms with Gasteiger partial charge < -0.3 is 10.1 Å². The molecular formula is C24H21FN2O3S. The zero-order valence-corrected chi connectivity index (χ0v) is 17.7. The van der Waals surface area contributed by atoms with Crippen LogP contribution in [-0.2, 0) is 4.79 Å². The van der Waals surface area contributed by atoms with Crippen molar-refractivity contribution in [3.05, 3.63) is 89.7 Å². The number of halogens is 1. The van der Waals surface area contributed by atoms with E-state index in [-0.39, 0.29) is 16.8 Å². The Bertz CT molecular complexity index is 1090. The monoisotopic (exact) mass is 436 g/mol. The Morgan fingerprint density at radius 2 is 1.81 bits per heavy atom. The van der Waals surface area contributed by atoms with Gasteiger partial charge in [0.2, 0.25) is 5.91 Å². The molecule has 1 aliphatic heterocycles. The average Bonchev–Trinajstić information content (AvgIpc) is 3.16. The fourth-order valence-electron chi connectivity index (χ4n) is 3.39. The van der Waals surface area contributed by atoms with Crippen molar-refractivity contribution >= 4 is 35.0 Å². The van der Waals surface area contributed by atoms with Crippen LogP contribution in [0.25, 0.3) is 0 Å². The molecule has 0 aromatic heterocycles. The van der Waals surface area contributed by atoms with Crippen molar-refractivity contribution in [3.63, 3.8) is 0 Å². The van der Waals surface area contributed by atoms with Crippen molar-refractivity contribution in [3.8, 4) is 5.75 Å². The molecule has 1 saturated heterocycles. The van der Waals surface area contributed by atoms with Crippen molar-refractivity contribution in [1.82, 2.24) is 0 Å². The number of anilines is 2. The number of rotatable bonds is 6. The lowest BCUT2D eigenvalue weighted by molar-refractivity contribution is -0.115. The minimum atomic E-state index is -0.566. The summed E-state index contributed by atoms with van der Waals surface area (Å²) in [6, 6.07) is 20.6. The van der Waals surface area contributed by atoms with Crippen molar-refractivity contribution in [2.24, 2.45) is 0 Å². The van der Waals surface area contributed by atoms with Gasteiger partial charge in [-0.05, 0) is 61.0 Å². The molecule has 158 valence electrons. The predicted molar refractivity (Wildman–Crippen MR) is 121 cm³/mol. The Labute approximate surface area is 184 Å². The molecule has 1 unspecified atom stereocenters. The van der Waals surface area contributed by atoms with Crippen LogP contribution in [0.15, 0.2) is 72.8 Å². The standard InChI is InChI=1S/C24H21FN2O3S/c1-2-30-19-13-11-18(12-14-19)27-22(28)15-31-24(27)16-7-9-17(10-8-16)26-23(29)20-5-3-4-6-21(20)25/h3-14,24H,2,15H2,1H3,(H,26,29). The Morgan fingerprint density at radius 3 is 2.48 bits per heavy atom. The number of carbonyl (C=O) groups excluding carboxylic acids is 2. The molecule has 5 nitrogen and oxygen atoms in total. The maximum atomic E-state index is 13.8. The van der Waals surface area contributed by atoms with Gasteiger partial charge in [-0.1, -0.05) is 24.3 Å². The van der Waals surface area contributed by atoms with Gasteiger partial charge in [0.05, 0.1) is 17.9 Å². The van der Waals surface area contributed by atoms with E-state index in [1.807, 2.05) is 43.3 Å². The summed E-state index contributed by atoms with van der Waals surface area (Å²) in [4.78, 5) is 26.6. The third-order valence-electron chi connectivity index (χ3n) is 4.87. The number of hydrogen-bond donors (Lipinski definition) is 1. The number of benzene rings is 3. The zero-order chi connectivity index (χ0) is 21.8. The summed E-state index contributed by atoms with van der Waals surface area (Å²) in [5.74, 6) is 0.118. The largest absolute Gasteiger partial charge is 0.494 e. The lowest BCUT2D eigenvalue weighted by atomic mass is 10.1. The molecule has 0 bridgehead atoms. The predicted octanol–water partition coefficient (Wildman–Crippen LogP) is 5.26. The quantitative estimate of drug-likeness (QED) is 0.573. The maximum Gasteiger partial charge on any atom is 0.258 e. The first kappa shape index (κ1) is 20.9. The molecule has 0 saturated carbocycles. The Hall–Kier alpha value is -3.32. The molecule has 2 amide bonds. The van der Waals surface area contributed by atoms with Gasteiger partial charge in [0.15, 0.2) is 0 Å². The Morgan fingerprint density at radius 1 is 1.10 bits per heavy atom. The molecule has 0 radical (unpaired) electrons. The molecule has 0 spiro atoms. The molecule has 0 aliphatic carbocycles. The minimum absolute atomic E-state index is 0.00908. The first-order valence-electron chi connectivity index (χ1n) is 9.89. The molecule has 7 heteroatoms. The van der Waals surface area contributed by atoms with E-state index in [1.54, 1.807) is 34.9 Å². The summed E-state index contributed by atoms with van der Waals surface area (Å²) in [7, 11) is 0. The third-order valence-corrected chi connectivity index (χ3v) is 6.08. The SMILES string of the molecule is CCOc1ccc(N2C(=O)CSC2c2ccc(NC(=O)c3ccccc3F)cc2)cc1. The molecule has 1 heterocycles. The Balaban J connectivity index is 1.50. The summed E-state index contributed by atoms with van der Waals surface area (Å²) in [6.07, 6.45) is 0. The van der Waals surface area contributed by atoms with E-state index in [0.717, 1.165) is 17.0 Å². The lowest BCUT2D eigenvalue weighted by Crippen LogP contribution is -2.27. The average molecular weight is 437 g/mol. The fraction of sp³-hybridized carbons (Fsp3) is 0.167. The van der Waals surface area contributed by atoms with Gasteiger partial charge in [-0.25, -0.2) is 4.39 Å². The van der Waals surface area contributed by atoms with E-state index in [4.69, 9.17) is 4.74 Å². The van der Waals surface area contributed by atoms with E-state index >= 15 is 0 Å². The first-order chi connectivity index (χ1) is 15.1. The summed E-state index contributed by atoms with van der Waals surface area (Å²) in [5.41, 5.74) is 2.29. The smallest absolute Gasteiger partial charge is 0.258 e. The molecule has 31 heavy (non-hydrogen) atoms. The molecule has 3 aromatic rings. The highest BCUT2D eigenvalue weighted by Crippen LogP contribution is 2.42. The van der Waals surface area contributed by atoms with Gasteiger partial charge in [0.1, 0.15) is 16.9 Å². The second-order valence-corrected chi connectivity index (χ2v) is 7.98. The molecule has 1 aliphatic rings. The van der Waals surface area contributed by atoms with Crippen LogP contribution < -0.4 is 15.0 Å². The van der Waals surface area contributed by atoms with Crippen molar-refractivity contribution < 1.29 is 18.7 Å². The van der Waals surface area contributed by atoms with Gasteiger partial charge in [-0.2, -0.15) is 0 Å². The number of thioether (sulfide) groups is 1. The number of carbonyl (C=O) groups is 2. The van der Waals surface area contributed by atoms with Crippen molar-refractivity contribution in [2.45, 2.75) is 12.3 Å².